The molecule has 0 spiro atoms. The second kappa shape index (κ2) is 5.99. The Bertz CT molecular complexity index is 817. The summed E-state index contributed by atoms with van der Waals surface area (Å²) < 4.78 is 0. The zero-order valence-electron chi connectivity index (χ0n) is 11.9. The average molecular weight is 330 g/mol. The van der Waals surface area contributed by atoms with Gasteiger partial charge in [-0.25, -0.2) is 0 Å². The number of hydrogen-bond acceptors (Lipinski definition) is 1. The Morgan fingerprint density at radius 3 is 1.86 bits per heavy atom. The van der Waals surface area contributed by atoms with E-state index in [0.29, 0.717) is 15.6 Å². The molecule has 110 valence electrons. The van der Waals surface area contributed by atoms with Gasteiger partial charge in [0.1, 0.15) is 0 Å². The van der Waals surface area contributed by atoms with Crippen LogP contribution in [0.15, 0.2) is 54.6 Å². The molecular formula is C18H13Cl2NO. The van der Waals surface area contributed by atoms with E-state index in [2.05, 4.69) is 4.98 Å². The molecule has 1 aromatic heterocycles. The van der Waals surface area contributed by atoms with Gasteiger partial charge < -0.3 is 4.98 Å². The molecule has 0 radical (unpaired) electrons. The Kier molecular flexibility index (Phi) is 4.06. The molecule has 4 heteroatoms. The molecule has 1 N–H and O–H groups in total. The lowest BCUT2D eigenvalue weighted by molar-refractivity contribution is 0.101. The number of ketones is 1. The van der Waals surface area contributed by atoms with Gasteiger partial charge in [0.15, 0.2) is 5.78 Å². The first-order chi connectivity index (χ1) is 10.5. The predicted molar refractivity (Wildman–Crippen MR) is 91.7 cm³/mol. The lowest BCUT2D eigenvalue weighted by Gasteiger charge is -2.02. The molecule has 0 atom stereocenters. The summed E-state index contributed by atoms with van der Waals surface area (Å²) in [6.07, 6.45) is 0. The fraction of sp³-hybridized carbons (Fsp3) is 0.0556. The highest BCUT2D eigenvalue weighted by Gasteiger charge is 2.14. The Labute approximate surface area is 138 Å². The molecule has 0 amide bonds. The van der Waals surface area contributed by atoms with E-state index in [4.69, 9.17) is 23.2 Å². The molecule has 22 heavy (non-hydrogen) atoms. The van der Waals surface area contributed by atoms with Gasteiger partial charge in [-0.05, 0) is 48.4 Å². The smallest absolute Gasteiger partial charge is 0.161 e. The number of benzene rings is 2. The van der Waals surface area contributed by atoms with Crippen LogP contribution in [0.5, 0.6) is 0 Å². The Balaban J connectivity index is 2.11. The van der Waals surface area contributed by atoms with Crippen LogP contribution in [-0.4, -0.2) is 10.8 Å². The van der Waals surface area contributed by atoms with Crippen LogP contribution in [0.3, 0.4) is 0 Å². The molecule has 0 saturated carbocycles. The second-order valence-corrected chi connectivity index (χ2v) is 5.91. The monoisotopic (exact) mass is 329 g/mol. The topological polar surface area (TPSA) is 32.9 Å². The van der Waals surface area contributed by atoms with E-state index in [1.165, 1.54) is 0 Å². The van der Waals surface area contributed by atoms with Crippen molar-refractivity contribution in [3.05, 3.63) is 70.2 Å². The first-order valence-corrected chi connectivity index (χ1v) is 7.56. The molecule has 0 bridgehead atoms. The molecule has 3 aromatic rings. The van der Waals surface area contributed by atoms with Gasteiger partial charge in [0, 0.05) is 21.3 Å². The number of hydrogen-bond donors (Lipinski definition) is 1. The third-order valence-corrected chi connectivity index (χ3v) is 3.99. The summed E-state index contributed by atoms with van der Waals surface area (Å²) in [5, 5.41) is 1.35. The molecule has 3 rings (SSSR count). The van der Waals surface area contributed by atoms with Crippen molar-refractivity contribution in [3.63, 3.8) is 0 Å². The van der Waals surface area contributed by atoms with Crippen molar-refractivity contribution in [2.24, 2.45) is 0 Å². The van der Waals surface area contributed by atoms with Crippen molar-refractivity contribution in [2.45, 2.75) is 6.92 Å². The van der Waals surface area contributed by atoms with Crippen molar-refractivity contribution >= 4 is 29.0 Å². The minimum absolute atomic E-state index is 0.0152. The minimum Gasteiger partial charge on any atom is -0.354 e. The Morgan fingerprint density at radius 1 is 0.864 bits per heavy atom. The highest BCUT2D eigenvalue weighted by molar-refractivity contribution is 6.31. The maximum Gasteiger partial charge on any atom is 0.161 e. The van der Waals surface area contributed by atoms with E-state index in [-0.39, 0.29) is 5.78 Å². The fourth-order valence-corrected chi connectivity index (χ4v) is 2.61. The van der Waals surface area contributed by atoms with Crippen LogP contribution in [0.25, 0.3) is 22.5 Å². The fourth-order valence-electron chi connectivity index (χ4n) is 2.36. The number of H-pyrrole nitrogens is 1. The van der Waals surface area contributed by atoms with Gasteiger partial charge >= 0.3 is 0 Å². The number of halogens is 2. The van der Waals surface area contributed by atoms with Crippen molar-refractivity contribution in [1.29, 1.82) is 0 Å². The third-order valence-electron chi connectivity index (χ3n) is 3.49. The number of carbonyl (C=O) groups excluding carboxylic acids is 1. The standard InChI is InChI=1S/C18H13Cl2NO/c1-11(22)16-10-17(12-2-6-14(19)7-3-12)21-18(16)13-4-8-15(20)9-5-13/h2-10,21H,1H3. The second-order valence-electron chi connectivity index (χ2n) is 5.04. The number of carbonyl (C=O) groups is 1. The van der Waals surface area contributed by atoms with Crippen LogP contribution in [0.4, 0.5) is 0 Å². The maximum atomic E-state index is 11.9. The van der Waals surface area contributed by atoms with Gasteiger partial charge in [0.25, 0.3) is 0 Å². The van der Waals surface area contributed by atoms with Crippen LogP contribution < -0.4 is 0 Å². The molecule has 0 unspecified atom stereocenters. The first kappa shape index (κ1) is 14.9. The van der Waals surface area contributed by atoms with E-state index >= 15 is 0 Å². The maximum absolute atomic E-state index is 11.9. The molecule has 0 fully saturated rings. The third kappa shape index (κ3) is 2.94. The largest absolute Gasteiger partial charge is 0.354 e. The van der Waals surface area contributed by atoms with Crippen molar-refractivity contribution < 1.29 is 4.79 Å². The summed E-state index contributed by atoms with van der Waals surface area (Å²) in [6.45, 7) is 1.56. The average Bonchev–Trinajstić information content (AvgIpc) is 2.94. The summed E-state index contributed by atoms with van der Waals surface area (Å²) in [7, 11) is 0. The zero-order valence-corrected chi connectivity index (χ0v) is 13.4. The molecule has 2 nitrogen and oxygen atoms in total. The number of rotatable bonds is 3. The number of aromatic nitrogens is 1. The Hall–Kier alpha value is -2.03. The molecular weight excluding hydrogens is 317 g/mol. The molecule has 1 heterocycles. The molecule has 0 aliphatic heterocycles. The Morgan fingerprint density at radius 2 is 1.36 bits per heavy atom. The highest BCUT2D eigenvalue weighted by Crippen LogP contribution is 2.30. The molecule has 0 aliphatic carbocycles. The van der Waals surface area contributed by atoms with Crippen LogP contribution >= 0.6 is 23.2 Å². The minimum atomic E-state index is 0.0152. The number of aromatic amines is 1. The summed E-state index contributed by atoms with van der Waals surface area (Å²) in [5.74, 6) is 0.0152. The van der Waals surface area contributed by atoms with E-state index in [0.717, 1.165) is 22.5 Å². The summed E-state index contributed by atoms with van der Waals surface area (Å²) in [4.78, 5) is 15.3. The highest BCUT2D eigenvalue weighted by atomic mass is 35.5. The van der Waals surface area contributed by atoms with Gasteiger partial charge in [0.2, 0.25) is 0 Å². The quantitative estimate of drug-likeness (QED) is 0.600. The van der Waals surface area contributed by atoms with Crippen molar-refractivity contribution in [3.8, 4) is 22.5 Å². The van der Waals surface area contributed by atoms with E-state index in [1.807, 2.05) is 54.6 Å². The number of Topliss-reactive ketones (excluding diaryl/α,β-unsaturated/α-hetero) is 1. The molecule has 2 aromatic carbocycles. The molecule has 0 aliphatic rings. The van der Waals surface area contributed by atoms with E-state index < -0.39 is 0 Å². The van der Waals surface area contributed by atoms with Gasteiger partial charge in [0.05, 0.1) is 5.69 Å². The van der Waals surface area contributed by atoms with Gasteiger partial charge in [-0.15, -0.1) is 0 Å². The zero-order chi connectivity index (χ0) is 15.7. The number of nitrogens with one attached hydrogen (secondary N) is 1. The lowest BCUT2D eigenvalue weighted by Crippen LogP contribution is -1.92. The van der Waals surface area contributed by atoms with Crippen LogP contribution in [-0.2, 0) is 0 Å². The van der Waals surface area contributed by atoms with Gasteiger partial charge in [-0.1, -0.05) is 47.5 Å². The van der Waals surface area contributed by atoms with Crippen LogP contribution in [0.2, 0.25) is 10.0 Å². The SMILES string of the molecule is CC(=O)c1cc(-c2ccc(Cl)cc2)[nH]c1-c1ccc(Cl)cc1. The summed E-state index contributed by atoms with van der Waals surface area (Å²) in [6, 6.07) is 16.8. The van der Waals surface area contributed by atoms with Gasteiger partial charge in [-0.3, -0.25) is 4.79 Å². The summed E-state index contributed by atoms with van der Waals surface area (Å²) in [5.41, 5.74) is 4.25. The normalized spacial score (nSPS) is 10.7. The first-order valence-electron chi connectivity index (χ1n) is 6.80. The van der Waals surface area contributed by atoms with Crippen LogP contribution in [0.1, 0.15) is 17.3 Å². The van der Waals surface area contributed by atoms with Crippen molar-refractivity contribution in [1.82, 2.24) is 4.98 Å². The van der Waals surface area contributed by atoms with Crippen LogP contribution in [0, 0.1) is 0 Å². The molecule has 0 saturated heterocycles. The predicted octanol–water partition coefficient (Wildman–Crippen LogP) is 5.86. The lowest BCUT2D eigenvalue weighted by atomic mass is 10.1. The summed E-state index contributed by atoms with van der Waals surface area (Å²) >= 11 is 11.8. The van der Waals surface area contributed by atoms with Crippen molar-refractivity contribution in [2.75, 3.05) is 0 Å². The van der Waals surface area contributed by atoms with E-state index in [9.17, 15) is 4.79 Å². The van der Waals surface area contributed by atoms with E-state index in [1.54, 1.807) is 6.92 Å². The van der Waals surface area contributed by atoms with Gasteiger partial charge in [-0.2, -0.15) is 0 Å².